The van der Waals surface area contributed by atoms with Crippen LogP contribution >= 0.6 is 0 Å². The molecule has 0 bridgehead atoms. The molecule has 0 radical (unpaired) electrons. The molecule has 0 aromatic heterocycles. The summed E-state index contributed by atoms with van der Waals surface area (Å²) >= 11 is 0. The van der Waals surface area contributed by atoms with E-state index >= 15 is 0 Å². The molecule has 32 heavy (non-hydrogen) atoms. The minimum absolute atomic E-state index is 0.228. The summed E-state index contributed by atoms with van der Waals surface area (Å²) in [7, 11) is 0. The molecule has 0 aromatic carbocycles. The number of fused-ring (bicyclic) bond motifs is 1. The quantitative estimate of drug-likeness (QED) is 0.514. The highest BCUT2D eigenvalue weighted by molar-refractivity contribution is 5.68. The van der Waals surface area contributed by atoms with Crippen LogP contribution < -0.4 is 5.32 Å². The highest BCUT2D eigenvalue weighted by Crippen LogP contribution is 2.59. The third-order valence-corrected chi connectivity index (χ3v) is 7.98. The molecule has 3 saturated carbocycles. The molecule has 3 N–H and O–H groups in total. The molecule has 0 aliphatic heterocycles. The lowest BCUT2D eigenvalue weighted by molar-refractivity contribution is 0.0545. The van der Waals surface area contributed by atoms with Crippen LogP contribution in [0.25, 0.3) is 0 Å². The van der Waals surface area contributed by atoms with E-state index in [1.54, 1.807) is 0 Å². The van der Waals surface area contributed by atoms with Crippen molar-refractivity contribution in [2.75, 3.05) is 6.61 Å². The van der Waals surface area contributed by atoms with Crippen molar-refractivity contribution in [3.8, 4) is 0 Å². The van der Waals surface area contributed by atoms with Gasteiger partial charge >= 0.3 is 6.09 Å². The van der Waals surface area contributed by atoms with E-state index in [1.165, 1.54) is 24.8 Å². The number of hydrogen-bond donors (Lipinski definition) is 3. The van der Waals surface area contributed by atoms with Crippen molar-refractivity contribution < 1.29 is 19.7 Å². The van der Waals surface area contributed by atoms with Crippen LogP contribution in [0.15, 0.2) is 35.5 Å². The van der Waals surface area contributed by atoms with E-state index in [4.69, 9.17) is 4.74 Å². The van der Waals surface area contributed by atoms with Gasteiger partial charge in [0.1, 0.15) is 0 Å². The third-order valence-electron chi connectivity index (χ3n) is 7.98. The number of hydrogen-bond acceptors (Lipinski definition) is 4. The van der Waals surface area contributed by atoms with Crippen LogP contribution in [0.2, 0.25) is 0 Å². The Hall–Kier alpha value is -1.59. The van der Waals surface area contributed by atoms with Crippen molar-refractivity contribution in [2.24, 2.45) is 23.2 Å². The summed E-state index contributed by atoms with van der Waals surface area (Å²) in [5.74, 6) is 1.41. The molecule has 0 spiro atoms. The van der Waals surface area contributed by atoms with Gasteiger partial charge in [-0.2, -0.15) is 0 Å². The van der Waals surface area contributed by atoms with Gasteiger partial charge in [0, 0.05) is 5.54 Å². The maximum Gasteiger partial charge on any atom is 0.407 e. The number of aliphatic hydroxyl groups excluding tert-OH is 2. The maximum absolute atomic E-state index is 12.1. The van der Waals surface area contributed by atoms with E-state index in [9.17, 15) is 15.0 Å². The van der Waals surface area contributed by atoms with Crippen LogP contribution in [0.1, 0.15) is 79.6 Å². The Morgan fingerprint density at radius 3 is 2.53 bits per heavy atom. The molecule has 3 fully saturated rings. The second-order valence-electron chi connectivity index (χ2n) is 11.6. The van der Waals surface area contributed by atoms with Crippen molar-refractivity contribution in [1.82, 2.24) is 5.32 Å². The number of nitrogens with one attached hydrogen (secondary N) is 1. The Bertz CT molecular complexity index is 761. The summed E-state index contributed by atoms with van der Waals surface area (Å²) < 4.78 is 5.57. The molecule has 0 saturated heterocycles. The standard InChI is InChI=1S/C27H43NO4/c1-17(16-32-25(31)28-26(3,4)5)21-11-12-22-20(8-7-13-27(21,22)6)10-9-19-14-23(29)18(2)24(30)15-19/h9-10,17,21-24,29-30H,2,7-8,11-16H2,1,3-6H3,(H,28,31)/b19-9?,20-10+/t17-,21-,22+,23-,24?,27?/m1/s1. The fourth-order valence-electron chi connectivity index (χ4n) is 6.31. The maximum atomic E-state index is 12.1. The molecule has 3 aliphatic rings. The summed E-state index contributed by atoms with van der Waals surface area (Å²) in [6.45, 7) is 14.8. The van der Waals surface area contributed by atoms with Gasteiger partial charge in [-0.1, -0.05) is 43.7 Å². The fraction of sp³-hybridized carbons (Fsp3) is 0.741. The molecule has 6 atom stereocenters. The molecule has 5 nitrogen and oxygen atoms in total. The highest BCUT2D eigenvalue weighted by atomic mass is 16.5. The monoisotopic (exact) mass is 445 g/mol. The van der Waals surface area contributed by atoms with Gasteiger partial charge in [-0.15, -0.1) is 0 Å². The van der Waals surface area contributed by atoms with Crippen molar-refractivity contribution in [2.45, 2.75) is 97.3 Å². The number of alkyl carbamates (subject to hydrolysis) is 1. The number of carbonyl (C=O) groups excluding carboxylic acids is 1. The van der Waals surface area contributed by atoms with Crippen LogP contribution in [0.5, 0.6) is 0 Å². The lowest BCUT2D eigenvalue weighted by Gasteiger charge is -2.44. The Morgan fingerprint density at radius 1 is 1.25 bits per heavy atom. The average molecular weight is 446 g/mol. The SMILES string of the molecule is C=C1C(O)CC(=C/C=C2\CCCC3(C)[C@@H]([C@H](C)COC(=O)NC(C)(C)C)CC[C@@H]23)C[C@H]1O. The molecular formula is C27H43NO4. The lowest BCUT2D eigenvalue weighted by Crippen LogP contribution is -2.42. The predicted molar refractivity (Wildman–Crippen MR) is 128 cm³/mol. The van der Waals surface area contributed by atoms with E-state index < -0.39 is 12.2 Å². The summed E-state index contributed by atoms with van der Waals surface area (Å²) in [6, 6.07) is 0. The minimum Gasteiger partial charge on any atom is -0.449 e. The first-order valence-electron chi connectivity index (χ1n) is 12.3. The summed E-state index contributed by atoms with van der Waals surface area (Å²) in [6.07, 6.45) is 9.76. The molecule has 0 aromatic rings. The number of amides is 1. The Labute approximate surface area is 194 Å². The van der Waals surface area contributed by atoms with E-state index in [2.05, 4.69) is 37.9 Å². The molecule has 1 amide bonds. The van der Waals surface area contributed by atoms with Crippen molar-refractivity contribution in [3.63, 3.8) is 0 Å². The molecule has 2 unspecified atom stereocenters. The van der Waals surface area contributed by atoms with Gasteiger partial charge in [0.05, 0.1) is 18.8 Å². The number of allylic oxidation sites excluding steroid dienone is 3. The largest absolute Gasteiger partial charge is 0.449 e. The van der Waals surface area contributed by atoms with Gasteiger partial charge in [-0.25, -0.2) is 4.79 Å². The smallest absolute Gasteiger partial charge is 0.407 e. The zero-order valence-electron chi connectivity index (χ0n) is 20.6. The van der Waals surface area contributed by atoms with Crippen LogP contribution in [-0.4, -0.2) is 40.7 Å². The van der Waals surface area contributed by atoms with E-state index in [-0.39, 0.29) is 17.0 Å². The number of carbonyl (C=O) groups is 1. The van der Waals surface area contributed by atoms with Gasteiger partial charge in [0.15, 0.2) is 0 Å². The molecular weight excluding hydrogens is 402 g/mol. The van der Waals surface area contributed by atoms with E-state index in [1.807, 2.05) is 20.8 Å². The number of ether oxygens (including phenoxy) is 1. The van der Waals surface area contributed by atoms with Crippen molar-refractivity contribution in [1.29, 1.82) is 0 Å². The normalized spacial score (nSPS) is 36.8. The van der Waals surface area contributed by atoms with Crippen LogP contribution in [0.4, 0.5) is 4.79 Å². The van der Waals surface area contributed by atoms with Gasteiger partial charge in [-0.05, 0) is 94.5 Å². The van der Waals surface area contributed by atoms with Gasteiger partial charge < -0.3 is 20.3 Å². The highest BCUT2D eigenvalue weighted by Gasteiger charge is 2.50. The lowest BCUT2D eigenvalue weighted by atomic mass is 9.61. The topological polar surface area (TPSA) is 78.8 Å². The van der Waals surface area contributed by atoms with Crippen molar-refractivity contribution in [3.05, 3.63) is 35.5 Å². The van der Waals surface area contributed by atoms with Crippen molar-refractivity contribution >= 4 is 6.09 Å². The second-order valence-corrected chi connectivity index (χ2v) is 11.6. The van der Waals surface area contributed by atoms with Gasteiger partial charge in [0.2, 0.25) is 0 Å². The third kappa shape index (κ3) is 5.66. The predicted octanol–water partition coefficient (Wildman–Crippen LogP) is 5.29. The molecule has 180 valence electrons. The first-order valence-corrected chi connectivity index (χ1v) is 12.3. The minimum atomic E-state index is -0.646. The van der Waals surface area contributed by atoms with Crippen LogP contribution in [0, 0.1) is 23.2 Å². The number of aliphatic hydroxyl groups is 2. The summed E-state index contributed by atoms with van der Waals surface area (Å²) in [4.78, 5) is 12.1. The molecule has 3 rings (SSSR count). The van der Waals surface area contributed by atoms with Crippen LogP contribution in [0.3, 0.4) is 0 Å². The molecule has 3 aliphatic carbocycles. The molecule has 5 heteroatoms. The summed E-state index contributed by atoms with van der Waals surface area (Å²) in [5, 5.41) is 23.1. The van der Waals surface area contributed by atoms with Crippen LogP contribution in [-0.2, 0) is 4.74 Å². The zero-order valence-corrected chi connectivity index (χ0v) is 20.6. The molecule has 0 heterocycles. The first-order chi connectivity index (χ1) is 14.9. The van der Waals surface area contributed by atoms with E-state index in [0.29, 0.717) is 42.8 Å². The first kappa shape index (κ1) is 25.0. The number of rotatable bonds is 4. The van der Waals surface area contributed by atoms with Gasteiger partial charge in [-0.3, -0.25) is 0 Å². The second kappa shape index (κ2) is 9.72. The zero-order chi connectivity index (χ0) is 23.7. The van der Waals surface area contributed by atoms with E-state index in [0.717, 1.165) is 18.4 Å². The average Bonchev–Trinajstić information content (AvgIpc) is 3.04. The fourth-order valence-corrected chi connectivity index (χ4v) is 6.31. The Balaban J connectivity index is 1.65. The Kier molecular flexibility index (Phi) is 7.61. The Morgan fingerprint density at radius 2 is 1.91 bits per heavy atom. The summed E-state index contributed by atoms with van der Waals surface area (Å²) in [5.41, 5.74) is 3.07. The van der Waals surface area contributed by atoms with Gasteiger partial charge in [0.25, 0.3) is 0 Å².